The molecule has 0 bridgehead atoms. The van der Waals surface area contributed by atoms with E-state index >= 15 is 0 Å². The van der Waals surface area contributed by atoms with Crippen molar-refractivity contribution in [1.29, 1.82) is 0 Å². The second-order valence-electron chi connectivity index (χ2n) is 5.59. The van der Waals surface area contributed by atoms with Gasteiger partial charge in [-0.2, -0.15) is 0 Å². The molecule has 1 N–H and O–H groups in total. The summed E-state index contributed by atoms with van der Waals surface area (Å²) in [5.74, 6) is -0.574. The van der Waals surface area contributed by atoms with Gasteiger partial charge in [0.25, 0.3) is 11.6 Å². The molecule has 2 aromatic carbocycles. The van der Waals surface area contributed by atoms with Crippen LogP contribution in [0.15, 0.2) is 48.5 Å². The number of hydrogen-bond donors (Lipinski definition) is 1. The number of carbonyl (C=O) groups is 1. The van der Waals surface area contributed by atoms with Crippen molar-refractivity contribution < 1.29 is 18.8 Å². The lowest BCUT2D eigenvalue weighted by molar-refractivity contribution is -0.384. The van der Waals surface area contributed by atoms with E-state index in [2.05, 4.69) is 5.32 Å². The summed E-state index contributed by atoms with van der Waals surface area (Å²) >= 11 is 0. The Balaban J connectivity index is 1.86. The highest BCUT2D eigenvalue weighted by Crippen LogP contribution is 2.27. The zero-order valence-corrected chi connectivity index (χ0v) is 12.6. The number of halogens is 1. The predicted octanol–water partition coefficient (Wildman–Crippen LogP) is 3.13. The van der Waals surface area contributed by atoms with Gasteiger partial charge in [-0.05, 0) is 31.0 Å². The molecule has 3 rings (SSSR count). The molecule has 0 saturated heterocycles. The summed E-state index contributed by atoms with van der Waals surface area (Å²) in [4.78, 5) is 22.8. The largest absolute Gasteiger partial charge is 0.476 e. The fourth-order valence-corrected chi connectivity index (χ4v) is 2.22. The average Bonchev–Trinajstić information content (AvgIpc) is 3.38. The molecule has 1 amide bonds. The van der Waals surface area contributed by atoms with Crippen LogP contribution >= 0.6 is 0 Å². The Morgan fingerprint density at radius 1 is 1.25 bits per heavy atom. The smallest absolute Gasteiger partial charge is 0.273 e. The van der Waals surface area contributed by atoms with Crippen molar-refractivity contribution in [1.82, 2.24) is 5.32 Å². The van der Waals surface area contributed by atoms with Gasteiger partial charge in [0.05, 0.1) is 11.0 Å². The van der Waals surface area contributed by atoms with Gasteiger partial charge in [0.2, 0.25) is 6.10 Å². The van der Waals surface area contributed by atoms with E-state index in [1.165, 1.54) is 48.5 Å². The van der Waals surface area contributed by atoms with Crippen molar-refractivity contribution in [3.05, 3.63) is 70.0 Å². The van der Waals surface area contributed by atoms with Crippen LogP contribution in [0.3, 0.4) is 0 Å². The van der Waals surface area contributed by atoms with E-state index in [-0.39, 0.29) is 23.4 Å². The van der Waals surface area contributed by atoms with Crippen molar-refractivity contribution in [2.45, 2.75) is 25.0 Å². The lowest BCUT2D eigenvalue weighted by Crippen LogP contribution is -2.33. The molecular formula is C17H15FN2O4. The molecule has 0 spiro atoms. The molecule has 6 nitrogen and oxygen atoms in total. The van der Waals surface area contributed by atoms with E-state index in [0.717, 1.165) is 12.8 Å². The lowest BCUT2D eigenvalue weighted by atomic mass is 10.1. The minimum atomic E-state index is -1.01. The normalized spacial score (nSPS) is 14.7. The number of hydrogen-bond acceptors (Lipinski definition) is 4. The maximum Gasteiger partial charge on any atom is 0.273 e. The monoisotopic (exact) mass is 330 g/mol. The van der Waals surface area contributed by atoms with E-state index in [9.17, 15) is 19.3 Å². The number of carbonyl (C=O) groups excluding carboxylic acids is 1. The Morgan fingerprint density at radius 3 is 2.58 bits per heavy atom. The molecule has 124 valence electrons. The number of nitrogens with zero attached hydrogens (tertiary/aromatic N) is 1. The van der Waals surface area contributed by atoms with E-state index in [1.807, 2.05) is 0 Å². The Morgan fingerprint density at radius 2 is 1.96 bits per heavy atom. The summed E-state index contributed by atoms with van der Waals surface area (Å²) in [5.41, 5.74) is 0.342. The van der Waals surface area contributed by atoms with E-state index < -0.39 is 16.8 Å². The molecule has 0 aliphatic heterocycles. The van der Waals surface area contributed by atoms with Crippen molar-refractivity contribution in [3.8, 4) is 5.75 Å². The fourth-order valence-electron chi connectivity index (χ4n) is 2.22. The van der Waals surface area contributed by atoms with Gasteiger partial charge in [-0.3, -0.25) is 14.9 Å². The highest BCUT2D eigenvalue weighted by Gasteiger charge is 2.30. The SMILES string of the molecule is O=C(NC1CC1)C(Oc1cccc([N+](=O)[O-])c1)c1ccc(F)cc1. The molecule has 1 atom stereocenters. The summed E-state index contributed by atoms with van der Waals surface area (Å²) in [6, 6.07) is 11.1. The topological polar surface area (TPSA) is 81.5 Å². The highest BCUT2D eigenvalue weighted by atomic mass is 19.1. The van der Waals surface area contributed by atoms with Gasteiger partial charge in [-0.25, -0.2) is 4.39 Å². The van der Waals surface area contributed by atoms with Gasteiger partial charge in [-0.1, -0.05) is 18.2 Å². The molecule has 1 aliphatic rings. The third kappa shape index (κ3) is 3.87. The van der Waals surface area contributed by atoms with E-state index in [4.69, 9.17) is 4.74 Å². The molecule has 24 heavy (non-hydrogen) atoms. The molecule has 2 aromatic rings. The first kappa shape index (κ1) is 15.9. The molecule has 1 fully saturated rings. The summed E-state index contributed by atoms with van der Waals surface area (Å²) < 4.78 is 18.8. The first-order valence-corrected chi connectivity index (χ1v) is 7.50. The average molecular weight is 330 g/mol. The van der Waals surface area contributed by atoms with Gasteiger partial charge in [0.15, 0.2) is 0 Å². The number of non-ortho nitro benzene ring substituents is 1. The first-order valence-electron chi connectivity index (χ1n) is 7.50. The first-order chi connectivity index (χ1) is 11.5. The molecule has 7 heteroatoms. The van der Waals surface area contributed by atoms with Crippen molar-refractivity contribution in [3.63, 3.8) is 0 Å². The predicted molar refractivity (Wildman–Crippen MR) is 84.0 cm³/mol. The van der Waals surface area contributed by atoms with Crippen molar-refractivity contribution >= 4 is 11.6 Å². The Hall–Kier alpha value is -2.96. The number of nitro groups is 1. The van der Waals surface area contributed by atoms with Crippen LogP contribution in [0.5, 0.6) is 5.75 Å². The maximum absolute atomic E-state index is 13.1. The van der Waals surface area contributed by atoms with Crippen LogP contribution in [-0.4, -0.2) is 16.9 Å². The maximum atomic E-state index is 13.1. The lowest BCUT2D eigenvalue weighted by Gasteiger charge is -2.19. The summed E-state index contributed by atoms with van der Waals surface area (Å²) in [6.45, 7) is 0. The third-order valence-electron chi connectivity index (χ3n) is 3.62. The number of ether oxygens (including phenoxy) is 1. The number of nitro benzene ring substituents is 1. The molecular weight excluding hydrogens is 315 g/mol. The van der Waals surface area contributed by atoms with E-state index in [1.54, 1.807) is 0 Å². The highest BCUT2D eigenvalue weighted by molar-refractivity contribution is 5.83. The number of rotatable bonds is 6. The van der Waals surface area contributed by atoms with Gasteiger partial charge in [-0.15, -0.1) is 0 Å². The van der Waals surface area contributed by atoms with Crippen LogP contribution in [0.25, 0.3) is 0 Å². The number of benzene rings is 2. The van der Waals surface area contributed by atoms with Crippen LogP contribution < -0.4 is 10.1 Å². The zero-order valence-electron chi connectivity index (χ0n) is 12.6. The minimum Gasteiger partial charge on any atom is -0.476 e. The van der Waals surface area contributed by atoms with Gasteiger partial charge in [0.1, 0.15) is 11.6 Å². The van der Waals surface area contributed by atoms with Crippen LogP contribution in [0.1, 0.15) is 24.5 Å². The number of amides is 1. The Kier molecular flexibility index (Phi) is 4.41. The van der Waals surface area contributed by atoms with Crippen LogP contribution in [0.4, 0.5) is 10.1 Å². The second-order valence-corrected chi connectivity index (χ2v) is 5.59. The third-order valence-corrected chi connectivity index (χ3v) is 3.62. The van der Waals surface area contributed by atoms with Crippen molar-refractivity contribution in [2.75, 3.05) is 0 Å². The van der Waals surface area contributed by atoms with Gasteiger partial charge in [0, 0.05) is 17.7 Å². The molecule has 1 aliphatic carbocycles. The second kappa shape index (κ2) is 6.66. The molecule has 0 radical (unpaired) electrons. The minimum absolute atomic E-state index is 0.132. The Bertz CT molecular complexity index is 759. The van der Waals surface area contributed by atoms with Crippen molar-refractivity contribution in [2.24, 2.45) is 0 Å². The van der Waals surface area contributed by atoms with Crippen LogP contribution in [0.2, 0.25) is 0 Å². The quantitative estimate of drug-likeness (QED) is 0.652. The summed E-state index contributed by atoms with van der Waals surface area (Å²) in [6.07, 6.45) is 0.824. The van der Waals surface area contributed by atoms with Gasteiger partial charge >= 0.3 is 0 Å². The van der Waals surface area contributed by atoms with E-state index in [0.29, 0.717) is 5.56 Å². The Labute approximate surface area is 137 Å². The molecule has 1 unspecified atom stereocenters. The molecule has 0 aromatic heterocycles. The summed E-state index contributed by atoms with van der Waals surface area (Å²) in [5, 5.41) is 13.7. The fraction of sp³-hybridized carbons (Fsp3) is 0.235. The molecule has 1 saturated carbocycles. The standard InChI is InChI=1S/C17H15FN2O4/c18-12-6-4-11(5-7-12)16(17(21)19-13-8-9-13)24-15-3-1-2-14(10-15)20(22)23/h1-7,10,13,16H,8-9H2,(H,19,21). The number of nitrogens with one attached hydrogen (secondary N) is 1. The zero-order chi connectivity index (χ0) is 17.1. The van der Waals surface area contributed by atoms with Crippen LogP contribution in [-0.2, 0) is 4.79 Å². The summed E-state index contributed by atoms with van der Waals surface area (Å²) in [7, 11) is 0. The van der Waals surface area contributed by atoms with Gasteiger partial charge < -0.3 is 10.1 Å². The molecule has 0 heterocycles. The van der Waals surface area contributed by atoms with Crippen LogP contribution in [0, 0.1) is 15.9 Å².